The molecule has 0 radical (unpaired) electrons. The lowest BCUT2D eigenvalue weighted by Crippen LogP contribution is -2.47. The molecule has 1 aliphatic rings. The fraction of sp³-hybridized carbons (Fsp3) is 0.250. The Kier molecular flexibility index (Phi) is 7.78. The van der Waals surface area contributed by atoms with Gasteiger partial charge in [-0.3, -0.25) is 9.03 Å². The van der Waals surface area contributed by atoms with E-state index in [1.165, 1.54) is 48.5 Å². The average molecular weight is 620 g/mol. The maximum absolute atomic E-state index is 13.9. The summed E-state index contributed by atoms with van der Waals surface area (Å²) < 4.78 is 81.4. The van der Waals surface area contributed by atoms with Gasteiger partial charge in [0.1, 0.15) is 0 Å². The van der Waals surface area contributed by atoms with Crippen molar-refractivity contribution in [3.63, 3.8) is 0 Å². The number of nitrogens with zero attached hydrogens (tertiary/aromatic N) is 1. The number of nitrogens with one attached hydrogen (secondary N) is 1. The van der Waals surface area contributed by atoms with Gasteiger partial charge >= 0.3 is 0 Å². The summed E-state index contributed by atoms with van der Waals surface area (Å²) in [4.78, 5) is -0.170. The van der Waals surface area contributed by atoms with E-state index in [1.54, 1.807) is 26.0 Å². The number of hydrogen-bond donors (Lipinski definition) is 2. The van der Waals surface area contributed by atoms with Crippen molar-refractivity contribution in [2.24, 2.45) is 0 Å². The molecular formula is C24H24Cl2N2O7S3. The highest BCUT2D eigenvalue weighted by Crippen LogP contribution is 2.34. The first-order valence-corrected chi connectivity index (χ1v) is 16.7. The van der Waals surface area contributed by atoms with Gasteiger partial charge in [0.15, 0.2) is 9.84 Å². The van der Waals surface area contributed by atoms with E-state index in [4.69, 9.17) is 23.2 Å². The Hall–Kier alpha value is -2.35. The molecule has 0 spiro atoms. The third-order valence-electron chi connectivity index (χ3n) is 6.10. The first-order chi connectivity index (χ1) is 17.6. The highest BCUT2D eigenvalue weighted by molar-refractivity contribution is 7.93. The smallest absolute Gasteiger partial charge is 0.265 e. The highest BCUT2D eigenvalue weighted by Gasteiger charge is 2.45. The van der Waals surface area contributed by atoms with Crippen molar-refractivity contribution in [3.8, 4) is 0 Å². The zero-order chi connectivity index (χ0) is 28.0. The van der Waals surface area contributed by atoms with Crippen LogP contribution >= 0.6 is 23.2 Å². The average Bonchev–Trinajstić information content (AvgIpc) is 3.09. The van der Waals surface area contributed by atoms with E-state index >= 15 is 0 Å². The zero-order valence-electron chi connectivity index (χ0n) is 20.2. The van der Waals surface area contributed by atoms with Crippen molar-refractivity contribution in [3.05, 3.63) is 81.8 Å². The number of aliphatic hydroxyl groups excluding tert-OH is 1. The Morgan fingerprint density at radius 3 is 1.89 bits per heavy atom. The number of anilines is 2. The zero-order valence-corrected chi connectivity index (χ0v) is 24.1. The van der Waals surface area contributed by atoms with Crippen LogP contribution < -0.4 is 9.03 Å². The number of halogens is 2. The Balaban J connectivity index is 1.76. The molecule has 9 nitrogen and oxygen atoms in total. The van der Waals surface area contributed by atoms with Crippen LogP contribution in [0, 0.1) is 13.8 Å². The first kappa shape index (κ1) is 28.7. The molecule has 1 saturated heterocycles. The number of sulfone groups is 1. The summed E-state index contributed by atoms with van der Waals surface area (Å²) in [5, 5.41) is 11.0. The maximum Gasteiger partial charge on any atom is 0.265 e. The summed E-state index contributed by atoms with van der Waals surface area (Å²) in [7, 11) is -12.1. The summed E-state index contributed by atoms with van der Waals surface area (Å²) in [5.41, 5.74) is 1.01. The Bertz CT molecular complexity index is 1710. The number of rotatable bonds is 7. The second-order valence-corrected chi connectivity index (χ2v) is 15.4. The molecule has 4 rings (SSSR count). The van der Waals surface area contributed by atoms with Crippen LogP contribution in [0.3, 0.4) is 0 Å². The Morgan fingerprint density at radius 2 is 1.37 bits per heavy atom. The number of benzene rings is 3. The van der Waals surface area contributed by atoms with Gasteiger partial charge in [0.2, 0.25) is 0 Å². The molecule has 3 aromatic carbocycles. The van der Waals surface area contributed by atoms with Crippen LogP contribution in [-0.4, -0.2) is 54.0 Å². The van der Waals surface area contributed by atoms with Gasteiger partial charge in [-0.2, -0.15) is 0 Å². The lowest BCUT2D eigenvalue weighted by Gasteiger charge is -2.32. The van der Waals surface area contributed by atoms with Gasteiger partial charge in [0.05, 0.1) is 39.1 Å². The lowest BCUT2D eigenvalue weighted by atomic mass is 10.2. The minimum atomic E-state index is -4.40. The third kappa shape index (κ3) is 5.80. The van der Waals surface area contributed by atoms with E-state index in [-0.39, 0.29) is 31.2 Å². The molecule has 0 aliphatic carbocycles. The molecule has 2 N–H and O–H groups in total. The van der Waals surface area contributed by atoms with Gasteiger partial charge in [0.25, 0.3) is 20.0 Å². The molecule has 0 saturated carbocycles. The van der Waals surface area contributed by atoms with Gasteiger partial charge in [-0.05, 0) is 73.5 Å². The fourth-order valence-electron chi connectivity index (χ4n) is 4.25. The highest BCUT2D eigenvalue weighted by atomic mass is 35.5. The summed E-state index contributed by atoms with van der Waals surface area (Å²) >= 11 is 12.0. The molecule has 2 atom stereocenters. The normalized spacial score (nSPS) is 19.3. The SMILES string of the molecule is Cc1ccc(Cl)cc1S(=O)(=O)Nc1ccc(N([C@H]2CS(=O)(=O)C[C@H]2O)S(=O)(=O)c2cc(Cl)ccc2C)cc1. The van der Waals surface area contributed by atoms with Gasteiger partial charge in [-0.25, -0.2) is 25.3 Å². The van der Waals surface area contributed by atoms with Crippen LogP contribution in [0.15, 0.2) is 70.5 Å². The van der Waals surface area contributed by atoms with E-state index in [0.29, 0.717) is 11.1 Å². The predicted molar refractivity (Wildman–Crippen MR) is 148 cm³/mol. The molecule has 0 bridgehead atoms. The summed E-state index contributed by atoms with van der Waals surface area (Å²) in [6.07, 6.45) is -1.47. The van der Waals surface area contributed by atoms with Crippen LogP contribution in [0.1, 0.15) is 11.1 Å². The minimum absolute atomic E-state index is 0.0194. The fourth-order valence-corrected chi connectivity index (χ4v) is 9.85. The van der Waals surface area contributed by atoms with Crippen molar-refractivity contribution in [2.75, 3.05) is 20.5 Å². The molecule has 0 aromatic heterocycles. The largest absolute Gasteiger partial charge is 0.390 e. The van der Waals surface area contributed by atoms with Gasteiger partial charge in [-0.15, -0.1) is 0 Å². The van der Waals surface area contributed by atoms with Crippen LogP contribution in [0.25, 0.3) is 0 Å². The monoisotopic (exact) mass is 618 g/mol. The van der Waals surface area contributed by atoms with E-state index in [9.17, 15) is 30.4 Å². The van der Waals surface area contributed by atoms with Gasteiger partial charge < -0.3 is 5.11 Å². The molecule has 1 fully saturated rings. The van der Waals surface area contributed by atoms with Crippen LogP contribution in [0.5, 0.6) is 0 Å². The van der Waals surface area contributed by atoms with E-state index in [2.05, 4.69) is 4.72 Å². The molecule has 38 heavy (non-hydrogen) atoms. The van der Waals surface area contributed by atoms with Crippen LogP contribution in [0.4, 0.5) is 11.4 Å². The molecule has 204 valence electrons. The maximum atomic E-state index is 13.9. The van der Waals surface area contributed by atoms with E-state index in [1.807, 2.05) is 0 Å². The van der Waals surface area contributed by atoms with Crippen LogP contribution in [-0.2, 0) is 29.9 Å². The molecule has 0 unspecified atom stereocenters. The first-order valence-electron chi connectivity index (χ1n) is 11.2. The summed E-state index contributed by atoms with van der Waals surface area (Å²) in [6, 6.07) is 12.8. The Labute approximate surface area is 232 Å². The lowest BCUT2D eigenvalue weighted by molar-refractivity contribution is 0.184. The molecule has 0 amide bonds. The Morgan fingerprint density at radius 1 is 0.842 bits per heavy atom. The van der Waals surface area contributed by atoms with Crippen molar-refractivity contribution >= 4 is 64.5 Å². The van der Waals surface area contributed by atoms with Crippen molar-refractivity contribution in [1.29, 1.82) is 0 Å². The molecule has 1 heterocycles. The molecule has 3 aromatic rings. The quantitative estimate of drug-likeness (QED) is 0.411. The third-order valence-corrected chi connectivity index (χ3v) is 11.8. The topological polar surface area (TPSA) is 138 Å². The predicted octanol–water partition coefficient (Wildman–Crippen LogP) is 3.76. The van der Waals surface area contributed by atoms with Crippen molar-refractivity contribution in [1.82, 2.24) is 0 Å². The van der Waals surface area contributed by atoms with Crippen molar-refractivity contribution in [2.45, 2.75) is 35.8 Å². The van der Waals surface area contributed by atoms with E-state index < -0.39 is 53.5 Å². The number of aryl methyl sites for hydroxylation is 2. The van der Waals surface area contributed by atoms with Crippen LogP contribution in [0.2, 0.25) is 10.0 Å². The van der Waals surface area contributed by atoms with Gasteiger partial charge in [0, 0.05) is 15.7 Å². The summed E-state index contributed by atoms with van der Waals surface area (Å²) in [6.45, 7) is 3.19. The standard InChI is InChI=1S/C24H24Cl2N2O7S3/c1-15-3-5-17(25)11-23(15)37(32,33)27-19-7-9-20(10-8-19)28(21-13-36(30,31)14-22(21)29)38(34,35)24-12-18(26)6-4-16(24)2/h3-12,21-22,27,29H,13-14H2,1-2H3/t21-,22+/m0/s1. The molecule has 14 heteroatoms. The number of hydrogen-bond acceptors (Lipinski definition) is 7. The van der Waals surface area contributed by atoms with Gasteiger partial charge in [-0.1, -0.05) is 35.3 Å². The van der Waals surface area contributed by atoms with E-state index in [0.717, 1.165) is 4.31 Å². The van der Waals surface area contributed by atoms with Crippen molar-refractivity contribution < 1.29 is 30.4 Å². The molecule has 1 aliphatic heterocycles. The number of sulfonamides is 2. The number of aliphatic hydroxyl groups is 1. The molecular weight excluding hydrogens is 595 g/mol. The minimum Gasteiger partial charge on any atom is -0.390 e. The summed E-state index contributed by atoms with van der Waals surface area (Å²) in [5.74, 6) is -1.18. The second kappa shape index (κ2) is 10.3. The second-order valence-electron chi connectivity index (χ2n) is 8.98.